The Morgan fingerprint density at radius 2 is 1.85 bits per heavy atom. The van der Waals surface area contributed by atoms with E-state index in [9.17, 15) is 14.7 Å². The lowest BCUT2D eigenvalue weighted by Crippen LogP contribution is -2.42. The van der Waals surface area contributed by atoms with Gasteiger partial charge in [0.15, 0.2) is 0 Å². The Kier molecular flexibility index (Phi) is 8.02. The van der Waals surface area contributed by atoms with Gasteiger partial charge in [-0.3, -0.25) is 14.5 Å². The van der Waals surface area contributed by atoms with E-state index in [1.54, 1.807) is 37.8 Å². The summed E-state index contributed by atoms with van der Waals surface area (Å²) in [6.07, 6.45) is 1.23. The van der Waals surface area contributed by atoms with Gasteiger partial charge in [0.25, 0.3) is 5.56 Å². The maximum absolute atomic E-state index is 13.5. The minimum Gasteiger partial charge on any atom is -0.507 e. The molecule has 0 aliphatic carbocycles. The van der Waals surface area contributed by atoms with E-state index >= 15 is 0 Å². The topological polar surface area (TPSA) is 90.2 Å². The van der Waals surface area contributed by atoms with Crippen molar-refractivity contribution in [2.24, 2.45) is 5.92 Å². The Hall–Kier alpha value is -3.00. The van der Waals surface area contributed by atoms with E-state index in [0.717, 1.165) is 5.56 Å². The van der Waals surface area contributed by atoms with E-state index in [4.69, 9.17) is 14.2 Å². The summed E-state index contributed by atoms with van der Waals surface area (Å²) in [7, 11) is 3.15. The molecule has 1 N–H and O–H groups in total. The Balaban J connectivity index is 2.11. The average molecular weight is 459 g/mol. The molecule has 2 aromatic rings. The first-order valence-electron chi connectivity index (χ1n) is 11.4. The second kappa shape index (κ2) is 10.7. The monoisotopic (exact) mass is 458 g/mol. The Morgan fingerprint density at radius 1 is 1.15 bits per heavy atom. The molecule has 180 valence electrons. The second-order valence-electron chi connectivity index (χ2n) is 8.21. The number of piperidine rings is 1. The van der Waals surface area contributed by atoms with Gasteiger partial charge in [-0.05, 0) is 64.9 Å². The van der Waals surface area contributed by atoms with E-state index in [-0.39, 0.29) is 23.2 Å². The molecule has 1 saturated heterocycles. The molecule has 1 aliphatic rings. The molecule has 3 rings (SSSR count). The maximum Gasteiger partial charge on any atom is 0.309 e. The van der Waals surface area contributed by atoms with Gasteiger partial charge in [-0.2, -0.15) is 0 Å². The standard InChI is InChI=1S/C25H34N2O6/c1-6-27-16(3)14-20(28)22(24(27)29)23(19-9-8-18(31-4)15-21(19)32-5)26-12-10-17(11-13-26)25(30)33-7-2/h8-9,14-15,17,23,28H,6-7,10-13H2,1-5H3/t23-/m0/s1. The third-order valence-electron chi connectivity index (χ3n) is 6.36. The van der Waals surface area contributed by atoms with Crippen LogP contribution in [0.4, 0.5) is 0 Å². The molecule has 33 heavy (non-hydrogen) atoms. The molecule has 2 heterocycles. The smallest absolute Gasteiger partial charge is 0.309 e. The molecule has 1 aliphatic heterocycles. The van der Waals surface area contributed by atoms with Crippen molar-refractivity contribution in [2.45, 2.75) is 46.2 Å². The fourth-order valence-corrected chi connectivity index (χ4v) is 4.65. The number of likely N-dealkylation sites (tertiary alicyclic amines) is 1. The van der Waals surface area contributed by atoms with Crippen molar-refractivity contribution in [1.82, 2.24) is 9.47 Å². The van der Waals surface area contributed by atoms with Gasteiger partial charge in [-0.1, -0.05) is 0 Å². The Morgan fingerprint density at radius 3 is 2.42 bits per heavy atom. The summed E-state index contributed by atoms with van der Waals surface area (Å²) in [5.74, 6) is 0.808. The number of esters is 1. The molecular weight excluding hydrogens is 424 g/mol. The zero-order valence-corrected chi connectivity index (χ0v) is 20.1. The molecule has 1 aromatic carbocycles. The van der Waals surface area contributed by atoms with E-state index in [1.807, 2.05) is 26.0 Å². The number of hydrogen-bond acceptors (Lipinski definition) is 7. The lowest BCUT2D eigenvalue weighted by Gasteiger charge is -2.38. The zero-order valence-electron chi connectivity index (χ0n) is 20.1. The summed E-state index contributed by atoms with van der Waals surface area (Å²) in [6, 6.07) is 6.56. The number of aryl methyl sites for hydroxylation is 1. The Labute approximate surface area is 194 Å². The molecule has 0 spiro atoms. The van der Waals surface area contributed by atoms with E-state index < -0.39 is 6.04 Å². The molecular formula is C25H34N2O6. The maximum atomic E-state index is 13.5. The highest BCUT2D eigenvalue weighted by Crippen LogP contribution is 2.40. The highest BCUT2D eigenvalue weighted by molar-refractivity contribution is 5.72. The summed E-state index contributed by atoms with van der Waals surface area (Å²) in [4.78, 5) is 27.9. The van der Waals surface area contributed by atoms with Crippen molar-refractivity contribution in [2.75, 3.05) is 33.9 Å². The van der Waals surface area contributed by atoms with Crippen LogP contribution in [-0.2, 0) is 16.1 Å². The van der Waals surface area contributed by atoms with Crippen LogP contribution in [0.15, 0.2) is 29.1 Å². The number of hydrogen-bond donors (Lipinski definition) is 1. The molecule has 8 nitrogen and oxygen atoms in total. The van der Waals surface area contributed by atoms with Crippen LogP contribution in [0.3, 0.4) is 0 Å². The number of rotatable bonds is 8. The van der Waals surface area contributed by atoms with E-state index in [1.165, 1.54) is 0 Å². The van der Waals surface area contributed by atoms with Crippen molar-refractivity contribution in [3.8, 4) is 17.2 Å². The van der Waals surface area contributed by atoms with Gasteiger partial charge in [-0.25, -0.2) is 0 Å². The third kappa shape index (κ3) is 5.00. The number of aromatic hydroxyl groups is 1. The summed E-state index contributed by atoms with van der Waals surface area (Å²) in [5, 5.41) is 10.9. The van der Waals surface area contributed by atoms with E-state index in [0.29, 0.717) is 61.8 Å². The highest BCUT2D eigenvalue weighted by Gasteiger charge is 2.35. The van der Waals surface area contributed by atoms with Gasteiger partial charge in [0.2, 0.25) is 0 Å². The van der Waals surface area contributed by atoms with Gasteiger partial charge in [0, 0.05) is 23.9 Å². The lowest BCUT2D eigenvalue weighted by molar-refractivity contribution is -0.149. The third-order valence-corrected chi connectivity index (χ3v) is 6.36. The van der Waals surface area contributed by atoms with Crippen LogP contribution < -0.4 is 15.0 Å². The predicted octanol–water partition coefficient (Wildman–Crippen LogP) is 3.26. The van der Waals surface area contributed by atoms with Crippen molar-refractivity contribution in [1.29, 1.82) is 0 Å². The molecule has 1 fully saturated rings. The number of carbonyl (C=O) groups excluding carboxylic acids is 1. The Bertz CT molecular complexity index is 1040. The van der Waals surface area contributed by atoms with Crippen molar-refractivity contribution >= 4 is 5.97 Å². The minimum absolute atomic E-state index is 0.0439. The molecule has 8 heteroatoms. The number of nitrogens with zero attached hydrogens (tertiary/aromatic N) is 2. The number of methoxy groups -OCH3 is 2. The van der Waals surface area contributed by atoms with Gasteiger partial charge in [-0.15, -0.1) is 0 Å². The van der Waals surface area contributed by atoms with Crippen molar-refractivity contribution in [3.63, 3.8) is 0 Å². The van der Waals surface area contributed by atoms with Gasteiger partial charge < -0.3 is 23.9 Å². The molecule has 0 bridgehead atoms. The number of carbonyl (C=O) groups is 1. The van der Waals surface area contributed by atoms with Crippen LogP contribution in [0.1, 0.15) is 49.6 Å². The number of ether oxygens (including phenoxy) is 3. The summed E-state index contributed by atoms with van der Waals surface area (Å²) in [6.45, 7) is 7.52. The molecule has 0 radical (unpaired) electrons. The fraction of sp³-hybridized carbons (Fsp3) is 0.520. The normalized spacial score (nSPS) is 15.8. The highest BCUT2D eigenvalue weighted by atomic mass is 16.5. The molecule has 0 amide bonds. The quantitative estimate of drug-likeness (QED) is 0.607. The lowest BCUT2D eigenvalue weighted by atomic mass is 9.90. The van der Waals surface area contributed by atoms with Crippen LogP contribution in [0.5, 0.6) is 17.2 Å². The number of pyridine rings is 1. The van der Waals surface area contributed by atoms with Crippen LogP contribution in [-0.4, -0.2) is 54.5 Å². The van der Waals surface area contributed by atoms with Crippen molar-refractivity contribution < 1.29 is 24.1 Å². The summed E-state index contributed by atoms with van der Waals surface area (Å²) >= 11 is 0. The first-order chi connectivity index (χ1) is 15.9. The molecule has 1 atom stereocenters. The fourth-order valence-electron chi connectivity index (χ4n) is 4.65. The van der Waals surface area contributed by atoms with Crippen LogP contribution in [0, 0.1) is 12.8 Å². The molecule has 1 aromatic heterocycles. The van der Waals surface area contributed by atoms with Crippen LogP contribution in [0.2, 0.25) is 0 Å². The summed E-state index contributed by atoms with van der Waals surface area (Å²) in [5.41, 5.74) is 1.53. The molecule has 0 saturated carbocycles. The van der Waals surface area contributed by atoms with Crippen molar-refractivity contribution in [3.05, 3.63) is 51.4 Å². The van der Waals surface area contributed by atoms with E-state index in [2.05, 4.69) is 4.90 Å². The van der Waals surface area contributed by atoms with Gasteiger partial charge in [0.1, 0.15) is 17.2 Å². The average Bonchev–Trinajstić information content (AvgIpc) is 2.82. The SMILES string of the molecule is CCOC(=O)C1CCN([C@@H](c2ccc(OC)cc2OC)c2c(O)cc(C)n(CC)c2=O)CC1. The van der Waals surface area contributed by atoms with Gasteiger partial charge >= 0.3 is 5.97 Å². The first kappa shape index (κ1) is 24.6. The van der Waals surface area contributed by atoms with Crippen LogP contribution in [0.25, 0.3) is 0 Å². The first-order valence-corrected chi connectivity index (χ1v) is 11.4. The van der Waals surface area contributed by atoms with Crippen LogP contribution >= 0.6 is 0 Å². The largest absolute Gasteiger partial charge is 0.507 e. The second-order valence-corrected chi connectivity index (χ2v) is 8.21. The molecule has 0 unspecified atom stereocenters. The van der Waals surface area contributed by atoms with Gasteiger partial charge in [0.05, 0.1) is 38.3 Å². The number of aromatic nitrogens is 1. The minimum atomic E-state index is -0.542. The summed E-state index contributed by atoms with van der Waals surface area (Å²) < 4.78 is 17.9. The zero-order chi connectivity index (χ0) is 24.1. The number of benzene rings is 1. The predicted molar refractivity (Wildman–Crippen MR) is 125 cm³/mol.